The van der Waals surface area contributed by atoms with Crippen LogP contribution in [0.3, 0.4) is 0 Å². The number of thioether (sulfide) groups is 1. The molecule has 0 aliphatic carbocycles. The van der Waals surface area contributed by atoms with Gasteiger partial charge in [0.05, 0.1) is 12.0 Å². The molecule has 6 heteroatoms. The van der Waals surface area contributed by atoms with E-state index < -0.39 is 5.41 Å². The van der Waals surface area contributed by atoms with Crippen LogP contribution in [0.15, 0.2) is 54.0 Å². The third-order valence-corrected chi connectivity index (χ3v) is 5.83. The molecule has 0 radical (unpaired) electrons. The smallest absolute Gasteiger partial charge is 0.313 e. The second-order valence-corrected chi connectivity index (χ2v) is 8.18. The van der Waals surface area contributed by atoms with Gasteiger partial charge in [0.2, 0.25) is 0 Å². The number of hydrogen-bond donors (Lipinski definition) is 0. The highest BCUT2D eigenvalue weighted by molar-refractivity contribution is 7.98. The van der Waals surface area contributed by atoms with Crippen molar-refractivity contribution >= 4 is 23.8 Å². The first-order chi connectivity index (χ1) is 14.1. The van der Waals surface area contributed by atoms with Crippen LogP contribution in [0.25, 0.3) is 6.08 Å². The van der Waals surface area contributed by atoms with Gasteiger partial charge in [-0.25, -0.2) is 9.97 Å². The highest BCUT2D eigenvalue weighted by atomic mass is 32.2. The van der Waals surface area contributed by atoms with E-state index in [1.807, 2.05) is 43.8 Å². The molecule has 1 aliphatic heterocycles. The standard InChI is InChI=1S/C23H29N3O2S/c1-3-28-21(27)23(12-7-11-19-9-5-4-6-10-19)13-8-14-26(18-23)17-20-15-24-22(29-2)25-16-20/h4-7,9-11,15-16H,3,8,12-14,17-18H2,1-2H3/b11-7+/t23-/m1/s1. The summed E-state index contributed by atoms with van der Waals surface area (Å²) in [5, 5.41) is 0.777. The number of ether oxygens (including phenoxy) is 1. The van der Waals surface area contributed by atoms with E-state index in [1.54, 1.807) is 0 Å². The van der Waals surface area contributed by atoms with E-state index >= 15 is 0 Å². The van der Waals surface area contributed by atoms with Crippen molar-refractivity contribution in [3.63, 3.8) is 0 Å². The lowest BCUT2D eigenvalue weighted by Crippen LogP contribution is -2.48. The molecule has 1 aliphatic rings. The van der Waals surface area contributed by atoms with Gasteiger partial charge in [-0.1, -0.05) is 54.2 Å². The Morgan fingerprint density at radius 3 is 2.72 bits per heavy atom. The van der Waals surface area contributed by atoms with Crippen LogP contribution in [0, 0.1) is 5.41 Å². The molecule has 29 heavy (non-hydrogen) atoms. The average molecular weight is 412 g/mol. The van der Waals surface area contributed by atoms with Crippen LogP contribution in [0.4, 0.5) is 0 Å². The van der Waals surface area contributed by atoms with Crippen LogP contribution in [0.2, 0.25) is 0 Å². The summed E-state index contributed by atoms with van der Waals surface area (Å²) in [6.07, 6.45) is 12.4. The number of nitrogens with zero attached hydrogens (tertiary/aromatic N) is 3. The van der Waals surface area contributed by atoms with Crippen molar-refractivity contribution in [1.82, 2.24) is 14.9 Å². The molecule has 0 spiro atoms. The molecular formula is C23H29N3O2S. The maximum absolute atomic E-state index is 12.9. The van der Waals surface area contributed by atoms with Gasteiger partial charge in [-0.2, -0.15) is 0 Å². The van der Waals surface area contributed by atoms with E-state index in [9.17, 15) is 4.79 Å². The summed E-state index contributed by atoms with van der Waals surface area (Å²) < 4.78 is 5.49. The molecular weight excluding hydrogens is 382 g/mol. The number of esters is 1. The zero-order valence-corrected chi connectivity index (χ0v) is 18.0. The number of benzene rings is 1. The zero-order valence-electron chi connectivity index (χ0n) is 17.2. The predicted molar refractivity (Wildman–Crippen MR) is 117 cm³/mol. The van der Waals surface area contributed by atoms with Gasteiger partial charge < -0.3 is 4.74 Å². The summed E-state index contributed by atoms with van der Waals surface area (Å²) in [4.78, 5) is 24.0. The van der Waals surface area contributed by atoms with Crippen molar-refractivity contribution in [2.75, 3.05) is 26.0 Å². The van der Waals surface area contributed by atoms with E-state index in [4.69, 9.17) is 4.74 Å². The van der Waals surface area contributed by atoms with E-state index in [2.05, 4.69) is 39.2 Å². The highest BCUT2D eigenvalue weighted by Crippen LogP contribution is 2.36. The van der Waals surface area contributed by atoms with E-state index in [-0.39, 0.29) is 5.97 Å². The number of carbonyl (C=O) groups is 1. The van der Waals surface area contributed by atoms with Crippen molar-refractivity contribution in [3.8, 4) is 0 Å². The molecule has 1 fully saturated rings. The Labute approximate surface area is 177 Å². The quantitative estimate of drug-likeness (QED) is 0.363. The molecule has 0 amide bonds. The lowest BCUT2D eigenvalue weighted by Gasteiger charge is -2.40. The summed E-state index contributed by atoms with van der Waals surface area (Å²) >= 11 is 1.54. The van der Waals surface area contributed by atoms with Gasteiger partial charge in [-0.05, 0) is 44.6 Å². The van der Waals surface area contributed by atoms with Crippen LogP contribution in [0.1, 0.15) is 37.3 Å². The van der Waals surface area contributed by atoms with E-state index in [0.29, 0.717) is 19.6 Å². The number of piperidine rings is 1. The average Bonchev–Trinajstić information content (AvgIpc) is 2.75. The first-order valence-electron chi connectivity index (χ1n) is 10.1. The molecule has 1 atom stereocenters. The van der Waals surface area contributed by atoms with Gasteiger partial charge >= 0.3 is 5.97 Å². The molecule has 3 rings (SSSR count). The van der Waals surface area contributed by atoms with Gasteiger partial charge in [-0.3, -0.25) is 9.69 Å². The molecule has 1 saturated heterocycles. The topological polar surface area (TPSA) is 55.3 Å². The Bertz CT molecular complexity index is 811. The Morgan fingerprint density at radius 1 is 1.28 bits per heavy atom. The van der Waals surface area contributed by atoms with Crippen LogP contribution < -0.4 is 0 Å². The Kier molecular flexibility index (Phi) is 7.83. The minimum absolute atomic E-state index is 0.0867. The Balaban J connectivity index is 1.72. The summed E-state index contributed by atoms with van der Waals surface area (Å²) in [6.45, 7) is 4.69. The molecule has 0 saturated carbocycles. The molecule has 5 nitrogen and oxygen atoms in total. The number of hydrogen-bond acceptors (Lipinski definition) is 6. The minimum atomic E-state index is -0.500. The third-order valence-electron chi connectivity index (χ3n) is 5.25. The fraction of sp³-hybridized carbons (Fsp3) is 0.435. The highest BCUT2D eigenvalue weighted by Gasteiger charge is 2.42. The van der Waals surface area contributed by atoms with E-state index in [1.165, 1.54) is 11.8 Å². The van der Waals surface area contributed by atoms with Gasteiger partial charge in [0, 0.05) is 31.0 Å². The molecule has 2 aromatic rings. The fourth-order valence-electron chi connectivity index (χ4n) is 3.84. The summed E-state index contributed by atoms with van der Waals surface area (Å²) in [7, 11) is 0. The Morgan fingerprint density at radius 2 is 2.03 bits per heavy atom. The molecule has 1 aromatic heterocycles. The van der Waals surface area contributed by atoms with Crippen molar-refractivity contribution in [3.05, 3.63) is 59.9 Å². The third kappa shape index (κ3) is 5.90. The monoisotopic (exact) mass is 411 g/mol. The van der Waals surface area contributed by atoms with Gasteiger partial charge in [-0.15, -0.1) is 0 Å². The molecule has 2 heterocycles. The Hall–Kier alpha value is -2.18. The summed E-state index contributed by atoms with van der Waals surface area (Å²) in [5.41, 5.74) is 1.71. The van der Waals surface area contributed by atoms with Gasteiger partial charge in [0.25, 0.3) is 0 Å². The first kappa shape index (κ1) is 21.5. The zero-order chi connectivity index (χ0) is 20.5. The maximum atomic E-state index is 12.9. The van der Waals surface area contributed by atoms with Gasteiger partial charge in [0.1, 0.15) is 0 Å². The largest absolute Gasteiger partial charge is 0.466 e. The molecule has 154 valence electrons. The molecule has 0 unspecified atom stereocenters. The SMILES string of the molecule is CCOC(=O)[C@]1(C/C=C/c2ccccc2)CCCN(Cc2cnc(SC)nc2)C1. The van der Waals surface area contributed by atoms with Gasteiger partial charge in [0.15, 0.2) is 5.16 Å². The van der Waals surface area contributed by atoms with Crippen LogP contribution in [-0.4, -0.2) is 46.8 Å². The number of carbonyl (C=O) groups excluding carboxylic acids is 1. The van der Waals surface area contributed by atoms with Crippen molar-refractivity contribution in [2.24, 2.45) is 5.41 Å². The van der Waals surface area contributed by atoms with Crippen LogP contribution >= 0.6 is 11.8 Å². The van der Waals surface area contributed by atoms with E-state index in [0.717, 1.165) is 42.2 Å². The number of likely N-dealkylation sites (tertiary alicyclic amines) is 1. The molecule has 0 N–H and O–H groups in total. The fourth-order valence-corrected chi connectivity index (χ4v) is 4.15. The second-order valence-electron chi connectivity index (χ2n) is 7.41. The normalized spacial score (nSPS) is 20.1. The van der Waals surface area contributed by atoms with Crippen molar-refractivity contribution < 1.29 is 9.53 Å². The second kappa shape index (κ2) is 10.6. The summed E-state index contributed by atoms with van der Waals surface area (Å²) in [6, 6.07) is 10.2. The molecule has 1 aromatic carbocycles. The van der Waals surface area contributed by atoms with Crippen molar-refractivity contribution in [2.45, 2.75) is 37.9 Å². The van der Waals surface area contributed by atoms with Crippen LogP contribution in [0.5, 0.6) is 0 Å². The number of aromatic nitrogens is 2. The van der Waals surface area contributed by atoms with Crippen molar-refractivity contribution in [1.29, 1.82) is 0 Å². The lowest BCUT2D eigenvalue weighted by atomic mass is 9.76. The number of rotatable bonds is 8. The summed E-state index contributed by atoms with van der Waals surface area (Å²) in [5.74, 6) is -0.0867. The van der Waals surface area contributed by atoms with Crippen LogP contribution in [-0.2, 0) is 16.1 Å². The predicted octanol–water partition coefficient (Wildman–Crippen LogP) is 4.45. The maximum Gasteiger partial charge on any atom is 0.313 e. The lowest BCUT2D eigenvalue weighted by molar-refractivity contribution is -0.159. The number of allylic oxidation sites excluding steroid dienone is 1. The first-order valence-corrected chi connectivity index (χ1v) is 11.3. The minimum Gasteiger partial charge on any atom is -0.466 e. The molecule has 0 bridgehead atoms.